The highest BCUT2D eigenvalue weighted by molar-refractivity contribution is 6.20. The Hall–Kier alpha value is -2.20. The average Bonchev–Trinajstić information content (AvgIpc) is 3.16. The number of nitrogens with one attached hydrogen (secondary N) is 2. The Morgan fingerprint density at radius 3 is 2.78 bits per heavy atom. The third-order valence-electron chi connectivity index (χ3n) is 6.72. The molecule has 0 aromatic rings. The van der Waals surface area contributed by atoms with E-state index >= 15 is 0 Å². The number of hydrazine groups is 1. The summed E-state index contributed by atoms with van der Waals surface area (Å²) in [5.74, 6) is 0.149. The second-order valence-corrected chi connectivity index (χ2v) is 10.7. The van der Waals surface area contributed by atoms with E-state index in [1.165, 1.54) is 12.3 Å². The van der Waals surface area contributed by atoms with Gasteiger partial charge in [-0.2, -0.15) is 0 Å². The zero-order valence-electron chi connectivity index (χ0n) is 21.6. The van der Waals surface area contributed by atoms with E-state index in [-0.39, 0.29) is 41.1 Å². The topological polar surface area (TPSA) is 72.4 Å². The smallest absolute Gasteiger partial charge is 0.320 e. The molecule has 0 bridgehead atoms. The predicted octanol–water partition coefficient (Wildman–Crippen LogP) is 3.94. The summed E-state index contributed by atoms with van der Waals surface area (Å²) >= 11 is 6.05. The molecule has 0 aliphatic carbocycles. The number of likely N-dealkylation sites (tertiary alicyclic amines) is 1. The van der Waals surface area contributed by atoms with Gasteiger partial charge in [0.2, 0.25) is 0 Å². The fourth-order valence-electron chi connectivity index (χ4n) is 4.75. The van der Waals surface area contributed by atoms with Crippen LogP contribution in [0.1, 0.15) is 40.0 Å². The molecule has 8 nitrogen and oxygen atoms in total. The van der Waals surface area contributed by atoms with E-state index in [1.807, 2.05) is 28.7 Å². The lowest BCUT2D eigenvalue weighted by Crippen LogP contribution is -2.76. The highest BCUT2D eigenvalue weighted by Gasteiger charge is 2.51. The lowest BCUT2D eigenvalue weighted by molar-refractivity contribution is -0.0658. The normalized spacial score (nSPS) is 26.8. The molecule has 200 valence electrons. The summed E-state index contributed by atoms with van der Waals surface area (Å²) in [7, 11) is 0. The van der Waals surface area contributed by atoms with Gasteiger partial charge in [0.25, 0.3) is 0 Å². The molecular weight excluding hydrogens is 483 g/mol. The molecule has 10 heteroatoms. The number of carbonyl (C=O) groups excluding carboxylic acids is 1. The van der Waals surface area contributed by atoms with E-state index in [1.54, 1.807) is 6.08 Å². The molecule has 1 spiro atoms. The largest absolute Gasteiger partial charge is 0.492 e. The Balaban J connectivity index is 1.61. The van der Waals surface area contributed by atoms with Gasteiger partial charge in [0.05, 0.1) is 17.8 Å². The van der Waals surface area contributed by atoms with Crippen LogP contribution in [0.2, 0.25) is 0 Å². The van der Waals surface area contributed by atoms with E-state index in [2.05, 4.69) is 48.0 Å². The lowest BCUT2D eigenvalue weighted by atomic mass is 9.95. The van der Waals surface area contributed by atoms with Crippen LogP contribution < -0.4 is 10.7 Å². The maximum atomic E-state index is 13.8. The van der Waals surface area contributed by atoms with Crippen molar-refractivity contribution >= 4 is 23.8 Å². The molecule has 3 rings (SSSR count). The molecule has 2 saturated heterocycles. The monoisotopic (exact) mass is 522 g/mol. The van der Waals surface area contributed by atoms with Gasteiger partial charge in [0.1, 0.15) is 18.2 Å². The first kappa shape index (κ1) is 28.4. The summed E-state index contributed by atoms with van der Waals surface area (Å²) in [4.78, 5) is 21.8. The van der Waals surface area contributed by atoms with E-state index in [4.69, 9.17) is 16.3 Å². The number of alkyl halides is 1. The number of amides is 2. The van der Waals surface area contributed by atoms with E-state index in [0.29, 0.717) is 32.0 Å². The molecule has 2 amide bonds. The average molecular weight is 523 g/mol. The molecule has 3 aliphatic heterocycles. The van der Waals surface area contributed by atoms with Crippen molar-refractivity contribution in [2.75, 3.05) is 32.8 Å². The number of carbonyl (C=O) groups is 1. The van der Waals surface area contributed by atoms with Crippen LogP contribution in [-0.2, 0) is 4.74 Å². The number of rotatable bonds is 11. The van der Waals surface area contributed by atoms with E-state index in [0.717, 1.165) is 25.8 Å². The number of allylic oxidation sites excluding steroid dienone is 3. The minimum Gasteiger partial charge on any atom is -0.492 e. The summed E-state index contributed by atoms with van der Waals surface area (Å²) in [6, 6.07) is -0.181. The van der Waals surface area contributed by atoms with Crippen LogP contribution in [0.15, 0.2) is 54.0 Å². The molecule has 3 heterocycles. The van der Waals surface area contributed by atoms with Crippen molar-refractivity contribution in [1.29, 1.82) is 0 Å². The third kappa shape index (κ3) is 7.41. The molecule has 0 radical (unpaired) electrons. The van der Waals surface area contributed by atoms with Gasteiger partial charge in [-0.05, 0) is 52.2 Å². The summed E-state index contributed by atoms with van der Waals surface area (Å²) in [6.45, 7) is 16.2. The Morgan fingerprint density at radius 1 is 1.36 bits per heavy atom. The maximum absolute atomic E-state index is 13.8. The Kier molecular flexibility index (Phi) is 10.1. The summed E-state index contributed by atoms with van der Waals surface area (Å²) in [6.07, 6.45) is 10.5. The van der Waals surface area contributed by atoms with Gasteiger partial charge in [-0.25, -0.2) is 19.6 Å². The quantitative estimate of drug-likeness (QED) is 0.186. The van der Waals surface area contributed by atoms with Crippen LogP contribution in [0, 0.1) is 0 Å². The first-order valence-corrected chi connectivity index (χ1v) is 13.0. The lowest BCUT2D eigenvalue weighted by Gasteiger charge is -2.51. The van der Waals surface area contributed by atoms with Gasteiger partial charge in [0.15, 0.2) is 6.29 Å². The first-order chi connectivity index (χ1) is 17.1. The maximum Gasteiger partial charge on any atom is 0.320 e. The standard InChI is InChI=1S/C26H40ClFN6O2/c1-6-22(5)36-16-21(4)34(20(3)10-8-7-9-19(2)27)25(35)32-14-12-26(17-32)18-33(31-26)24-29-13-11-23(28)15-30-24/h6-8,11,15,19-21,24,29,31H,1,5,9-10,12-14,16-18H2,2-4H3/b8-7-. The number of aliphatic imine (C=N–C) groups is 1. The van der Waals surface area contributed by atoms with Crippen LogP contribution >= 0.6 is 11.6 Å². The fraction of sp³-hybridized carbons (Fsp3) is 0.615. The van der Waals surface area contributed by atoms with Crippen molar-refractivity contribution in [3.05, 3.63) is 49.0 Å². The van der Waals surface area contributed by atoms with Gasteiger partial charge >= 0.3 is 6.03 Å². The molecule has 5 unspecified atom stereocenters. The number of halogens is 2. The second kappa shape index (κ2) is 12.9. The van der Waals surface area contributed by atoms with Gasteiger partial charge in [-0.15, -0.1) is 11.6 Å². The fourth-order valence-corrected chi connectivity index (χ4v) is 4.85. The van der Waals surface area contributed by atoms with Crippen molar-refractivity contribution in [3.8, 4) is 0 Å². The number of hydrogen-bond acceptors (Lipinski definition) is 6. The minimum absolute atomic E-state index is 0.00376. The van der Waals surface area contributed by atoms with Gasteiger partial charge < -0.3 is 14.5 Å². The Labute approximate surface area is 219 Å². The van der Waals surface area contributed by atoms with Crippen LogP contribution in [0.3, 0.4) is 0 Å². The third-order valence-corrected chi connectivity index (χ3v) is 6.90. The van der Waals surface area contributed by atoms with Gasteiger partial charge in [0, 0.05) is 37.6 Å². The second-order valence-electron chi connectivity index (χ2n) is 9.93. The van der Waals surface area contributed by atoms with Crippen molar-refractivity contribution in [1.82, 2.24) is 25.6 Å². The number of nitrogens with zero attached hydrogens (tertiary/aromatic N) is 4. The molecule has 0 aromatic heterocycles. The molecule has 0 aromatic carbocycles. The Bertz CT molecular complexity index is 886. The number of ether oxygens (including phenoxy) is 1. The number of urea groups is 1. The van der Waals surface area contributed by atoms with E-state index < -0.39 is 0 Å². The SMILES string of the molecule is C=CC(=C)OCC(C)N(C(=O)N1CCC2(C1)CN(C1N=CC(F)=CCN1)N2)C(C)C/C=C\CC(C)Cl. The molecule has 0 saturated carbocycles. The van der Waals surface area contributed by atoms with Crippen LogP contribution in [-0.4, -0.2) is 89.1 Å². The van der Waals surface area contributed by atoms with Crippen molar-refractivity contribution < 1.29 is 13.9 Å². The molecule has 2 fully saturated rings. The molecule has 3 aliphatic rings. The van der Waals surface area contributed by atoms with Crippen molar-refractivity contribution in [2.24, 2.45) is 4.99 Å². The summed E-state index contributed by atoms with van der Waals surface area (Å²) < 4.78 is 19.1. The van der Waals surface area contributed by atoms with Crippen LogP contribution in [0.4, 0.5) is 9.18 Å². The minimum atomic E-state index is -0.339. The molecular formula is C26H40ClFN6O2. The molecule has 5 atom stereocenters. The molecule has 2 N–H and O–H groups in total. The zero-order chi connectivity index (χ0) is 26.3. The van der Waals surface area contributed by atoms with Crippen molar-refractivity contribution in [3.63, 3.8) is 0 Å². The van der Waals surface area contributed by atoms with Crippen LogP contribution in [0.25, 0.3) is 0 Å². The van der Waals surface area contributed by atoms with Crippen molar-refractivity contribution in [2.45, 2.75) is 69.3 Å². The van der Waals surface area contributed by atoms with Gasteiger partial charge in [-0.3, -0.25) is 10.3 Å². The Morgan fingerprint density at radius 2 is 2.08 bits per heavy atom. The summed E-state index contributed by atoms with van der Waals surface area (Å²) in [5.41, 5.74) is 3.29. The zero-order valence-corrected chi connectivity index (χ0v) is 22.4. The van der Waals surface area contributed by atoms with Crippen LogP contribution in [0.5, 0.6) is 0 Å². The van der Waals surface area contributed by atoms with E-state index in [9.17, 15) is 9.18 Å². The first-order valence-electron chi connectivity index (χ1n) is 12.6. The highest BCUT2D eigenvalue weighted by Crippen LogP contribution is 2.31. The van der Waals surface area contributed by atoms with Gasteiger partial charge in [-0.1, -0.05) is 25.3 Å². The summed E-state index contributed by atoms with van der Waals surface area (Å²) in [5, 5.41) is 5.21. The molecule has 36 heavy (non-hydrogen) atoms. The predicted molar refractivity (Wildman–Crippen MR) is 143 cm³/mol. The number of hydrogen-bond donors (Lipinski definition) is 2. The highest BCUT2D eigenvalue weighted by atomic mass is 35.5.